The average molecular weight is 419 g/mol. The van der Waals surface area contributed by atoms with Crippen LogP contribution in [0.4, 0.5) is 21.7 Å². The van der Waals surface area contributed by atoms with E-state index in [0.29, 0.717) is 17.6 Å². The van der Waals surface area contributed by atoms with Crippen molar-refractivity contribution < 1.29 is 9.18 Å². The minimum Gasteiger partial charge on any atom is -0.325 e. The first-order valence-electron chi connectivity index (χ1n) is 9.56. The first-order valence-corrected chi connectivity index (χ1v) is 10.5. The molecule has 0 saturated heterocycles. The summed E-state index contributed by atoms with van der Waals surface area (Å²) in [6, 6.07) is 20.1. The van der Waals surface area contributed by atoms with Gasteiger partial charge in [-0.1, -0.05) is 48.2 Å². The topological polar surface area (TPSA) is 63.1 Å². The lowest BCUT2D eigenvalue weighted by atomic mass is 10.1. The zero-order valence-corrected chi connectivity index (χ0v) is 16.8. The van der Waals surface area contributed by atoms with Crippen LogP contribution in [0.15, 0.2) is 71.9 Å². The van der Waals surface area contributed by atoms with Crippen molar-refractivity contribution in [3.8, 4) is 0 Å². The van der Waals surface area contributed by atoms with Gasteiger partial charge in [-0.2, -0.15) is 0 Å². The van der Waals surface area contributed by atoms with Gasteiger partial charge in [0.25, 0.3) is 0 Å². The highest BCUT2D eigenvalue weighted by molar-refractivity contribution is 7.99. The second kappa shape index (κ2) is 7.79. The van der Waals surface area contributed by atoms with E-state index in [-0.39, 0.29) is 17.5 Å². The molecule has 0 fully saturated rings. The molecule has 3 aromatic carbocycles. The van der Waals surface area contributed by atoms with Crippen LogP contribution in [0.1, 0.15) is 0 Å². The molecule has 0 radical (unpaired) electrons. The summed E-state index contributed by atoms with van der Waals surface area (Å²) in [6.07, 6.45) is 0. The number of carbonyl (C=O) groups excluding carboxylic acids is 1. The zero-order chi connectivity index (χ0) is 20.5. The van der Waals surface area contributed by atoms with Crippen molar-refractivity contribution in [3.63, 3.8) is 0 Å². The second-order valence-corrected chi connectivity index (χ2v) is 7.87. The number of nitrogens with one attached hydrogen (secondary N) is 1. The molecule has 8 heteroatoms. The smallest absolute Gasteiger partial charge is 0.234 e. The van der Waals surface area contributed by atoms with Crippen LogP contribution in [-0.4, -0.2) is 33.0 Å². The Hall–Kier alpha value is -3.39. The van der Waals surface area contributed by atoms with Crippen LogP contribution in [0.25, 0.3) is 10.8 Å². The Morgan fingerprint density at radius 2 is 1.80 bits per heavy atom. The summed E-state index contributed by atoms with van der Waals surface area (Å²) >= 11 is 1.36. The molecule has 4 aromatic rings. The molecule has 1 amide bonds. The average Bonchev–Trinajstić information content (AvgIpc) is 3.36. The number of nitrogens with zero attached hydrogens (tertiary/aromatic N) is 4. The number of hydrogen-bond donors (Lipinski definition) is 1. The van der Waals surface area contributed by atoms with Crippen LogP contribution in [0.3, 0.4) is 0 Å². The molecule has 1 aromatic heterocycles. The maximum Gasteiger partial charge on any atom is 0.234 e. The predicted octanol–water partition coefficient (Wildman–Crippen LogP) is 4.45. The summed E-state index contributed by atoms with van der Waals surface area (Å²) in [5, 5.41) is 14.3. The molecule has 0 atom stereocenters. The van der Waals surface area contributed by atoms with Crippen LogP contribution < -0.4 is 10.2 Å². The summed E-state index contributed by atoms with van der Waals surface area (Å²) in [4.78, 5) is 14.5. The van der Waals surface area contributed by atoms with Gasteiger partial charge in [0.2, 0.25) is 11.9 Å². The largest absolute Gasteiger partial charge is 0.325 e. The monoisotopic (exact) mass is 419 g/mol. The molecule has 1 aliphatic heterocycles. The number of rotatable bonds is 5. The third-order valence-electron chi connectivity index (χ3n) is 5.02. The molecular formula is C22H18FN5OS. The molecule has 30 heavy (non-hydrogen) atoms. The van der Waals surface area contributed by atoms with E-state index < -0.39 is 0 Å². The van der Waals surface area contributed by atoms with Crippen LogP contribution in [0.2, 0.25) is 0 Å². The molecular weight excluding hydrogens is 401 g/mol. The van der Waals surface area contributed by atoms with Crippen molar-refractivity contribution in [2.24, 2.45) is 0 Å². The minimum absolute atomic E-state index is 0.0953. The van der Waals surface area contributed by atoms with Gasteiger partial charge in [0.05, 0.1) is 5.75 Å². The lowest BCUT2D eigenvalue weighted by Gasteiger charge is -2.14. The Labute approximate surface area is 176 Å². The number of halogens is 1. The molecule has 0 unspecified atom stereocenters. The second-order valence-electron chi connectivity index (χ2n) is 6.93. The van der Waals surface area contributed by atoms with Gasteiger partial charge in [0, 0.05) is 29.9 Å². The maximum atomic E-state index is 13.2. The van der Waals surface area contributed by atoms with Gasteiger partial charge in [-0.05, 0) is 35.7 Å². The zero-order valence-electron chi connectivity index (χ0n) is 16.0. The first-order chi connectivity index (χ1) is 14.7. The third-order valence-corrected chi connectivity index (χ3v) is 5.99. The Morgan fingerprint density at radius 1 is 1.00 bits per heavy atom. The van der Waals surface area contributed by atoms with Gasteiger partial charge in [-0.3, -0.25) is 9.36 Å². The number of hydrogen-bond acceptors (Lipinski definition) is 5. The maximum absolute atomic E-state index is 13.2. The number of fused-ring (bicyclic) bond motifs is 2. The summed E-state index contributed by atoms with van der Waals surface area (Å²) in [6.45, 7) is 1.44. The van der Waals surface area contributed by atoms with Crippen molar-refractivity contribution in [2.75, 3.05) is 22.5 Å². The molecule has 5 rings (SSSR count). The summed E-state index contributed by atoms with van der Waals surface area (Å²) in [5.41, 5.74) is 1.67. The fourth-order valence-corrected chi connectivity index (χ4v) is 4.36. The molecule has 0 aliphatic carbocycles. The van der Waals surface area contributed by atoms with E-state index in [9.17, 15) is 9.18 Å². The quantitative estimate of drug-likeness (QED) is 0.484. The van der Waals surface area contributed by atoms with Crippen molar-refractivity contribution >= 4 is 45.8 Å². The fourth-order valence-electron chi connectivity index (χ4n) is 3.60. The lowest BCUT2D eigenvalue weighted by molar-refractivity contribution is -0.113. The Bertz CT molecular complexity index is 1220. The van der Waals surface area contributed by atoms with Crippen LogP contribution in [0, 0.1) is 5.82 Å². The molecule has 0 spiro atoms. The van der Waals surface area contributed by atoms with E-state index in [4.69, 9.17) is 0 Å². The molecule has 1 N–H and O–H groups in total. The van der Waals surface area contributed by atoms with Gasteiger partial charge in [-0.25, -0.2) is 4.39 Å². The van der Waals surface area contributed by atoms with E-state index in [1.165, 1.54) is 23.9 Å². The van der Waals surface area contributed by atoms with Gasteiger partial charge < -0.3 is 10.2 Å². The summed E-state index contributed by atoms with van der Waals surface area (Å²) < 4.78 is 15.2. The first kappa shape index (κ1) is 18.6. The van der Waals surface area contributed by atoms with Gasteiger partial charge >= 0.3 is 0 Å². The lowest BCUT2D eigenvalue weighted by Crippen LogP contribution is -2.15. The van der Waals surface area contributed by atoms with Crippen LogP contribution in [0.5, 0.6) is 0 Å². The summed E-state index contributed by atoms with van der Waals surface area (Å²) in [7, 11) is 0. The number of thioether (sulfide) groups is 1. The van der Waals surface area contributed by atoms with E-state index in [1.54, 1.807) is 12.1 Å². The summed E-state index contributed by atoms with van der Waals surface area (Å²) in [5.74, 6) is 0.575. The van der Waals surface area contributed by atoms with Crippen LogP contribution >= 0.6 is 11.8 Å². The van der Waals surface area contributed by atoms with Crippen molar-refractivity contribution in [3.05, 3.63) is 72.5 Å². The van der Waals surface area contributed by atoms with Crippen molar-refractivity contribution in [1.82, 2.24) is 14.8 Å². The predicted molar refractivity (Wildman–Crippen MR) is 117 cm³/mol. The highest BCUT2D eigenvalue weighted by Crippen LogP contribution is 2.32. The number of carbonyl (C=O) groups is 1. The van der Waals surface area contributed by atoms with Gasteiger partial charge in [-0.15, -0.1) is 10.2 Å². The van der Waals surface area contributed by atoms with E-state index in [2.05, 4.69) is 15.5 Å². The highest BCUT2D eigenvalue weighted by atomic mass is 32.2. The Balaban J connectivity index is 1.27. The number of benzene rings is 3. The number of aromatic nitrogens is 3. The minimum atomic E-state index is -0.270. The molecule has 0 saturated carbocycles. The Morgan fingerprint density at radius 3 is 2.67 bits per heavy atom. The molecule has 6 nitrogen and oxygen atoms in total. The van der Waals surface area contributed by atoms with Crippen LogP contribution in [-0.2, 0) is 11.3 Å². The molecule has 1 aliphatic rings. The molecule has 2 heterocycles. The van der Waals surface area contributed by atoms with Crippen molar-refractivity contribution in [2.45, 2.75) is 11.7 Å². The number of amides is 1. The normalized spacial score (nSPS) is 12.9. The van der Waals surface area contributed by atoms with E-state index in [0.717, 1.165) is 28.7 Å². The number of anilines is 3. The standard InChI is InChI=1S/C22H18FN5OS/c23-16-8-10-17(11-9-16)27-12-13-28-21(27)25-26-22(28)30-14-20(29)24-19-7-3-5-15-4-1-2-6-18(15)19/h1-11H,12-14H2,(H,24,29). The SMILES string of the molecule is O=C(CSc1nnc2n1CCN2c1ccc(F)cc1)Nc1cccc2ccccc12. The van der Waals surface area contributed by atoms with E-state index >= 15 is 0 Å². The third kappa shape index (κ3) is 3.50. The fraction of sp³-hybridized carbons (Fsp3) is 0.136. The Kier molecular flexibility index (Phi) is 4.84. The molecule has 150 valence electrons. The van der Waals surface area contributed by atoms with E-state index in [1.807, 2.05) is 51.9 Å². The van der Waals surface area contributed by atoms with Crippen molar-refractivity contribution in [1.29, 1.82) is 0 Å². The van der Waals surface area contributed by atoms with Gasteiger partial charge in [0.1, 0.15) is 5.82 Å². The molecule has 0 bridgehead atoms. The van der Waals surface area contributed by atoms with Gasteiger partial charge in [0.15, 0.2) is 5.16 Å². The highest BCUT2D eigenvalue weighted by Gasteiger charge is 2.26.